The summed E-state index contributed by atoms with van der Waals surface area (Å²) in [5.74, 6) is 0. The van der Waals surface area contributed by atoms with Crippen LogP contribution in [0.4, 0.5) is 0 Å². The first-order valence-electron chi connectivity index (χ1n) is 5.83. The van der Waals surface area contributed by atoms with Crippen molar-refractivity contribution in [1.29, 1.82) is 0 Å². The van der Waals surface area contributed by atoms with Crippen molar-refractivity contribution in [3.05, 3.63) is 15.9 Å². The fourth-order valence-electron chi connectivity index (χ4n) is 2.19. The van der Waals surface area contributed by atoms with Gasteiger partial charge in [-0.15, -0.1) is 11.3 Å². The van der Waals surface area contributed by atoms with E-state index in [2.05, 4.69) is 27.9 Å². The van der Waals surface area contributed by atoms with Crippen molar-refractivity contribution in [3.63, 3.8) is 0 Å². The van der Waals surface area contributed by atoms with Crippen molar-refractivity contribution in [3.8, 4) is 0 Å². The van der Waals surface area contributed by atoms with Crippen molar-refractivity contribution in [1.82, 2.24) is 9.21 Å². The van der Waals surface area contributed by atoms with Gasteiger partial charge in [0.15, 0.2) is 0 Å². The van der Waals surface area contributed by atoms with E-state index in [1.54, 1.807) is 19.2 Å². The quantitative estimate of drug-likeness (QED) is 0.834. The molecule has 18 heavy (non-hydrogen) atoms. The van der Waals surface area contributed by atoms with Gasteiger partial charge in [-0.1, -0.05) is 0 Å². The van der Waals surface area contributed by atoms with E-state index >= 15 is 0 Å². The molecule has 0 N–H and O–H groups in total. The van der Waals surface area contributed by atoms with Gasteiger partial charge in [-0.3, -0.25) is 0 Å². The molecule has 0 aromatic carbocycles. The third-order valence-electron chi connectivity index (χ3n) is 3.35. The number of halogens is 1. The Balaban J connectivity index is 2.10. The van der Waals surface area contributed by atoms with Gasteiger partial charge in [-0.25, -0.2) is 8.42 Å². The van der Waals surface area contributed by atoms with E-state index in [9.17, 15) is 8.42 Å². The lowest BCUT2D eigenvalue weighted by atomic mass is 10.2. The van der Waals surface area contributed by atoms with Gasteiger partial charge in [0, 0.05) is 19.6 Å². The molecule has 0 amide bonds. The van der Waals surface area contributed by atoms with Crippen molar-refractivity contribution in [2.45, 2.75) is 23.1 Å². The SMILES string of the molecule is CN1CCCC1CN(C)S(=O)(=O)c1ccc(Br)s1. The Morgan fingerprint density at radius 1 is 1.56 bits per heavy atom. The molecule has 0 radical (unpaired) electrons. The number of thiophene rings is 1. The van der Waals surface area contributed by atoms with Crippen LogP contribution in [0, 0.1) is 0 Å². The summed E-state index contributed by atoms with van der Waals surface area (Å²) in [4.78, 5) is 2.23. The number of likely N-dealkylation sites (tertiary alicyclic amines) is 1. The average Bonchev–Trinajstić information content (AvgIpc) is 2.89. The molecule has 1 aliphatic heterocycles. The predicted molar refractivity (Wildman–Crippen MR) is 77.5 cm³/mol. The molecule has 4 nitrogen and oxygen atoms in total. The normalized spacial score (nSPS) is 21.9. The van der Waals surface area contributed by atoms with Gasteiger partial charge in [-0.05, 0) is 54.5 Å². The van der Waals surface area contributed by atoms with E-state index in [1.165, 1.54) is 15.6 Å². The largest absolute Gasteiger partial charge is 0.302 e. The molecule has 1 aromatic rings. The third-order valence-corrected chi connectivity index (χ3v) is 7.27. The summed E-state index contributed by atoms with van der Waals surface area (Å²) in [6.07, 6.45) is 2.23. The molecule has 2 rings (SSSR count). The Bertz CT molecular complexity index is 515. The van der Waals surface area contributed by atoms with E-state index in [-0.39, 0.29) is 0 Å². The van der Waals surface area contributed by atoms with Gasteiger partial charge in [0.05, 0.1) is 3.79 Å². The zero-order chi connectivity index (χ0) is 13.3. The fraction of sp³-hybridized carbons (Fsp3) is 0.636. The summed E-state index contributed by atoms with van der Waals surface area (Å²) in [6, 6.07) is 3.76. The highest BCUT2D eigenvalue weighted by Crippen LogP contribution is 2.28. The van der Waals surface area contributed by atoms with Crippen LogP contribution >= 0.6 is 27.3 Å². The molecular weight excluding hydrogens is 336 g/mol. The summed E-state index contributed by atoms with van der Waals surface area (Å²) in [5, 5.41) is 0. The molecule has 2 heterocycles. The highest BCUT2D eigenvalue weighted by atomic mass is 79.9. The maximum atomic E-state index is 12.3. The number of nitrogens with zero attached hydrogens (tertiary/aromatic N) is 2. The van der Waals surface area contributed by atoms with Gasteiger partial charge >= 0.3 is 0 Å². The molecule has 0 saturated carbocycles. The topological polar surface area (TPSA) is 40.6 Å². The van der Waals surface area contributed by atoms with Crippen molar-refractivity contribution in [2.75, 3.05) is 27.2 Å². The second-order valence-electron chi connectivity index (χ2n) is 4.62. The fourth-order valence-corrected chi connectivity index (χ4v) is 5.62. The monoisotopic (exact) mass is 352 g/mol. The lowest BCUT2D eigenvalue weighted by Gasteiger charge is -2.24. The average molecular weight is 353 g/mol. The number of sulfonamides is 1. The van der Waals surface area contributed by atoms with E-state index in [0.717, 1.165) is 23.2 Å². The highest BCUT2D eigenvalue weighted by molar-refractivity contribution is 9.11. The number of hydrogen-bond donors (Lipinski definition) is 0. The molecule has 1 saturated heterocycles. The van der Waals surface area contributed by atoms with Crippen LogP contribution in [0.2, 0.25) is 0 Å². The first-order chi connectivity index (χ1) is 8.41. The van der Waals surface area contributed by atoms with Gasteiger partial charge in [0.25, 0.3) is 10.0 Å². The molecule has 1 aliphatic rings. The molecule has 0 bridgehead atoms. The van der Waals surface area contributed by atoms with Crippen LogP contribution in [0.25, 0.3) is 0 Å². The Morgan fingerprint density at radius 3 is 2.78 bits per heavy atom. The van der Waals surface area contributed by atoms with Crippen molar-refractivity contribution in [2.24, 2.45) is 0 Å². The van der Waals surface area contributed by atoms with Crippen LogP contribution in [-0.4, -0.2) is 50.8 Å². The zero-order valence-electron chi connectivity index (χ0n) is 10.5. The summed E-state index contributed by atoms with van der Waals surface area (Å²) in [7, 11) is 0.383. The van der Waals surface area contributed by atoms with E-state index in [1.807, 2.05) is 0 Å². The standard InChI is InChI=1S/C11H17BrN2O2S2/c1-13-7-3-4-9(13)8-14(2)18(15,16)11-6-5-10(12)17-11/h5-6,9H,3-4,7-8H2,1-2H3. The van der Waals surface area contributed by atoms with Crippen LogP contribution in [0.5, 0.6) is 0 Å². The minimum absolute atomic E-state index is 0.341. The molecule has 7 heteroatoms. The minimum Gasteiger partial charge on any atom is -0.302 e. The first kappa shape index (κ1) is 14.5. The number of hydrogen-bond acceptors (Lipinski definition) is 4. The molecule has 1 fully saturated rings. The van der Waals surface area contributed by atoms with Gasteiger partial charge in [0.2, 0.25) is 0 Å². The lowest BCUT2D eigenvalue weighted by molar-refractivity contribution is 0.271. The predicted octanol–water partition coefficient (Wildman–Crippen LogP) is 2.23. The van der Waals surface area contributed by atoms with Crippen LogP contribution in [0.3, 0.4) is 0 Å². The van der Waals surface area contributed by atoms with Gasteiger partial charge < -0.3 is 4.90 Å². The van der Waals surface area contributed by atoms with Crippen LogP contribution in [0.15, 0.2) is 20.1 Å². The van der Waals surface area contributed by atoms with E-state index in [0.29, 0.717) is 16.8 Å². The van der Waals surface area contributed by atoms with Crippen LogP contribution < -0.4 is 0 Å². The summed E-state index contributed by atoms with van der Waals surface area (Å²) in [5.41, 5.74) is 0. The summed E-state index contributed by atoms with van der Waals surface area (Å²) >= 11 is 4.55. The molecule has 1 aromatic heterocycles. The number of likely N-dealkylation sites (N-methyl/N-ethyl adjacent to an activating group) is 2. The molecule has 1 unspecified atom stereocenters. The Kier molecular flexibility index (Phi) is 4.48. The number of rotatable bonds is 4. The molecule has 102 valence electrons. The summed E-state index contributed by atoms with van der Waals surface area (Å²) < 4.78 is 27.4. The Hall–Kier alpha value is 0.0500. The van der Waals surface area contributed by atoms with Gasteiger partial charge in [0.1, 0.15) is 4.21 Å². The maximum absolute atomic E-state index is 12.3. The Morgan fingerprint density at radius 2 is 2.28 bits per heavy atom. The first-order valence-corrected chi connectivity index (χ1v) is 8.88. The second-order valence-corrected chi connectivity index (χ2v) is 9.36. The smallest absolute Gasteiger partial charge is 0.252 e. The van der Waals surface area contributed by atoms with Crippen LogP contribution in [-0.2, 0) is 10.0 Å². The minimum atomic E-state index is -3.33. The molecular formula is C11H17BrN2O2S2. The van der Waals surface area contributed by atoms with Crippen molar-refractivity contribution < 1.29 is 8.42 Å². The molecule has 0 aliphatic carbocycles. The van der Waals surface area contributed by atoms with Crippen LogP contribution in [0.1, 0.15) is 12.8 Å². The highest BCUT2D eigenvalue weighted by Gasteiger charge is 2.28. The van der Waals surface area contributed by atoms with Gasteiger partial charge in [-0.2, -0.15) is 4.31 Å². The van der Waals surface area contributed by atoms with Crippen molar-refractivity contribution >= 4 is 37.3 Å². The van der Waals surface area contributed by atoms with E-state index < -0.39 is 10.0 Å². The second kappa shape index (κ2) is 5.58. The Labute approximate surface area is 121 Å². The molecule has 0 spiro atoms. The zero-order valence-corrected chi connectivity index (χ0v) is 13.7. The third kappa shape index (κ3) is 2.96. The summed E-state index contributed by atoms with van der Waals surface area (Å²) in [6.45, 7) is 1.62. The van der Waals surface area contributed by atoms with E-state index in [4.69, 9.17) is 0 Å². The molecule has 1 atom stereocenters. The maximum Gasteiger partial charge on any atom is 0.252 e. The lowest BCUT2D eigenvalue weighted by Crippen LogP contribution is -2.39.